The number of nitrogens with one attached hydrogen (secondary N) is 1. The van der Waals surface area contributed by atoms with Crippen molar-refractivity contribution in [1.29, 1.82) is 0 Å². The average Bonchev–Trinajstić information content (AvgIpc) is 2.79. The van der Waals surface area contributed by atoms with Crippen molar-refractivity contribution in [2.24, 2.45) is 5.92 Å². The van der Waals surface area contributed by atoms with Crippen LogP contribution in [0.3, 0.4) is 0 Å². The number of rotatable bonds is 3. The Balaban J connectivity index is 2.18. The molecule has 4 nitrogen and oxygen atoms in total. The van der Waals surface area contributed by atoms with Gasteiger partial charge in [0.15, 0.2) is 0 Å². The molecule has 1 heterocycles. The van der Waals surface area contributed by atoms with Gasteiger partial charge in [-0.2, -0.15) is 0 Å². The van der Waals surface area contributed by atoms with Crippen LogP contribution in [0.25, 0.3) is 0 Å². The molecule has 0 aliphatic heterocycles. The summed E-state index contributed by atoms with van der Waals surface area (Å²) in [5.41, 5.74) is -0.252. The molecule has 1 aliphatic rings. The molecule has 1 fully saturated rings. The third-order valence-corrected chi connectivity index (χ3v) is 3.97. The first-order valence-electron chi connectivity index (χ1n) is 6.09. The number of hydrogen-bond acceptors (Lipinski definition) is 2. The van der Waals surface area contributed by atoms with E-state index in [-0.39, 0.29) is 10.7 Å². The van der Waals surface area contributed by atoms with E-state index in [2.05, 4.69) is 4.98 Å². The summed E-state index contributed by atoms with van der Waals surface area (Å²) in [6.07, 6.45) is 5.90. The number of aromatic amines is 1. The largest absolute Gasteiger partial charge is 0.329 e. The second-order valence-electron chi connectivity index (χ2n) is 4.77. The van der Waals surface area contributed by atoms with Crippen molar-refractivity contribution in [3.05, 3.63) is 31.6 Å². The Kier molecular flexibility index (Phi) is 3.72. The fourth-order valence-electron chi connectivity index (χ4n) is 2.46. The van der Waals surface area contributed by atoms with Gasteiger partial charge < -0.3 is 0 Å². The van der Waals surface area contributed by atoms with E-state index in [4.69, 9.17) is 11.6 Å². The molecule has 0 spiro atoms. The van der Waals surface area contributed by atoms with Gasteiger partial charge in [0.25, 0.3) is 5.56 Å². The van der Waals surface area contributed by atoms with Gasteiger partial charge in [0, 0.05) is 12.1 Å². The third kappa shape index (κ3) is 2.63. The summed E-state index contributed by atoms with van der Waals surface area (Å²) in [7, 11) is 0. The van der Waals surface area contributed by atoms with Gasteiger partial charge >= 0.3 is 5.69 Å². The topological polar surface area (TPSA) is 54.9 Å². The quantitative estimate of drug-likeness (QED) is 0.842. The SMILES string of the molecule is Cc1c(Cl)[nH]c(=O)n(CCC2CCCC2)c1=O. The minimum atomic E-state index is -0.399. The zero-order valence-corrected chi connectivity index (χ0v) is 10.7. The second kappa shape index (κ2) is 5.08. The summed E-state index contributed by atoms with van der Waals surface area (Å²) < 4.78 is 1.26. The molecule has 5 heteroatoms. The van der Waals surface area contributed by atoms with E-state index in [9.17, 15) is 9.59 Å². The van der Waals surface area contributed by atoms with Crippen molar-refractivity contribution in [3.8, 4) is 0 Å². The fraction of sp³-hybridized carbons (Fsp3) is 0.667. The average molecular weight is 257 g/mol. The molecule has 1 aliphatic carbocycles. The summed E-state index contributed by atoms with van der Waals surface area (Å²) >= 11 is 5.75. The molecule has 0 bridgehead atoms. The standard InChI is InChI=1S/C12H17ClN2O2/c1-8-10(13)14-12(17)15(11(8)16)7-6-9-4-2-3-5-9/h9H,2-7H2,1H3,(H,14,17). The summed E-state index contributed by atoms with van der Waals surface area (Å²) in [5.74, 6) is 0.664. The van der Waals surface area contributed by atoms with E-state index in [1.807, 2.05) is 0 Å². The number of nitrogens with zero attached hydrogens (tertiary/aromatic N) is 1. The van der Waals surface area contributed by atoms with Crippen LogP contribution in [0.15, 0.2) is 9.59 Å². The highest BCUT2D eigenvalue weighted by atomic mass is 35.5. The van der Waals surface area contributed by atoms with Gasteiger partial charge in [-0.15, -0.1) is 0 Å². The van der Waals surface area contributed by atoms with Gasteiger partial charge in [0.2, 0.25) is 0 Å². The number of halogens is 1. The Hall–Kier alpha value is -1.03. The summed E-state index contributed by atoms with van der Waals surface area (Å²) in [6, 6.07) is 0. The van der Waals surface area contributed by atoms with E-state index >= 15 is 0 Å². The monoisotopic (exact) mass is 256 g/mol. The van der Waals surface area contributed by atoms with Gasteiger partial charge in [-0.05, 0) is 19.3 Å². The van der Waals surface area contributed by atoms with Gasteiger partial charge in [-0.1, -0.05) is 37.3 Å². The van der Waals surface area contributed by atoms with Crippen LogP contribution in [-0.4, -0.2) is 9.55 Å². The molecule has 0 atom stereocenters. The van der Waals surface area contributed by atoms with Gasteiger partial charge in [0.05, 0.1) is 0 Å². The Morgan fingerprint density at radius 1 is 1.35 bits per heavy atom. The molecule has 1 aromatic heterocycles. The van der Waals surface area contributed by atoms with Crippen molar-refractivity contribution in [2.45, 2.75) is 45.6 Å². The molecular weight excluding hydrogens is 240 g/mol. The predicted octanol–water partition coefficient (Wildman–Crippen LogP) is 2.08. The molecule has 1 saturated carbocycles. The van der Waals surface area contributed by atoms with Crippen molar-refractivity contribution < 1.29 is 0 Å². The Morgan fingerprint density at radius 2 is 2.00 bits per heavy atom. The van der Waals surface area contributed by atoms with Crippen LogP contribution >= 0.6 is 11.6 Å². The highest BCUT2D eigenvalue weighted by molar-refractivity contribution is 6.30. The zero-order valence-electron chi connectivity index (χ0n) is 9.96. The summed E-state index contributed by atoms with van der Waals surface area (Å²) in [5, 5.41) is 0.150. The van der Waals surface area contributed by atoms with E-state index < -0.39 is 5.69 Å². The minimum Gasteiger partial charge on any atom is -0.297 e. The summed E-state index contributed by atoms with van der Waals surface area (Å²) in [4.78, 5) is 26.0. The lowest BCUT2D eigenvalue weighted by molar-refractivity contribution is 0.444. The molecule has 17 heavy (non-hydrogen) atoms. The molecule has 0 amide bonds. The summed E-state index contributed by atoms with van der Waals surface area (Å²) in [6.45, 7) is 2.13. The molecule has 0 radical (unpaired) electrons. The lowest BCUT2D eigenvalue weighted by Crippen LogP contribution is -2.37. The maximum absolute atomic E-state index is 11.9. The van der Waals surface area contributed by atoms with Crippen molar-refractivity contribution in [1.82, 2.24) is 9.55 Å². The lowest BCUT2D eigenvalue weighted by Gasteiger charge is -2.10. The van der Waals surface area contributed by atoms with Crippen LogP contribution in [0.4, 0.5) is 0 Å². The zero-order chi connectivity index (χ0) is 12.4. The highest BCUT2D eigenvalue weighted by Crippen LogP contribution is 2.27. The van der Waals surface area contributed by atoms with E-state index in [1.54, 1.807) is 6.92 Å². The maximum Gasteiger partial charge on any atom is 0.329 e. The molecule has 0 unspecified atom stereocenters. The molecule has 1 N–H and O–H groups in total. The molecular formula is C12H17ClN2O2. The van der Waals surface area contributed by atoms with Crippen molar-refractivity contribution >= 4 is 11.6 Å². The van der Waals surface area contributed by atoms with Crippen molar-refractivity contribution in [3.63, 3.8) is 0 Å². The first-order valence-corrected chi connectivity index (χ1v) is 6.46. The van der Waals surface area contributed by atoms with E-state index in [0.717, 1.165) is 6.42 Å². The lowest BCUT2D eigenvalue weighted by atomic mass is 10.0. The Bertz CT molecular complexity index is 512. The Morgan fingerprint density at radius 3 is 2.65 bits per heavy atom. The van der Waals surface area contributed by atoms with Gasteiger partial charge in [-0.25, -0.2) is 4.79 Å². The van der Waals surface area contributed by atoms with Crippen molar-refractivity contribution in [2.75, 3.05) is 0 Å². The van der Waals surface area contributed by atoms with Gasteiger partial charge in [-0.3, -0.25) is 14.3 Å². The Labute approximate surface area is 105 Å². The van der Waals surface area contributed by atoms with E-state index in [0.29, 0.717) is 18.0 Å². The number of H-pyrrole nitrogens is 1. The highest BCUT2D eigenvalue weighted by Gasteiger charge is 2.16. The number of aromatic nitrogens is 2. The third-order valence-electron chi connectivity index (χ3n) is 3.59. The van der Waals surface area contributed by atoms with Crippen LogP contribution in [0.5, 0.6) is 0 Å². The smallest absolute Gasteiger partial charge is 0.297 e. The molecule has 0 saturated heterocycles. The fourth-order valence-corrected chi connectivity index (χ4v) is 2.62. The molecule has 0 aromatic carbocycles. The minimum absolute atomic E-state index is 0.150. The van der Waals surface area contributed by atoms with Crippen LogP contribution in [0, 0.1) is 12.8 Å². The maximum atomic E-state index is 11.9. The first-order chi connectivity index (χ1) is 8.09. The molecule has 1 aromatic rings. The predicted molar refractivity (Wildman–Crippen MR) is 67.6 cm³/mol. The van der Waals surface area contributed by atoms with Crippen LogP contribution in [0.1, 0.15) is 37.7 Å². The van der Waals surface area contributed by atoms with Crippen LogP contribution in [0.2, 0.25) is 5.15 Å². The molecule has 2 rings (SSSR count). The van der Waals surface area contributed by atoms with Gasteiger partial charge in [0.1, 0.15) is 5.15 Å². The first kappa shape index (κ1) is 12.4. The van der Waals surface area contributed by atoms with E-state index in [1.165, 1.54) is 30.3 Å². The normalized spacial score (nSPS) is 16.6. The molecule has 94 valence electrons. The van der Waals surface area contributed by atoms with Crippen LogP contribution in [-0.2, 0) is 6.54 Å². The number of hydrogen-bond donors (Lipinski definition) is 1. The second-order valence-corrected chi connectivity index (χ2v) is 5.14. The van der Waals surface area contributed by atoms with Crippen LogP contribution < -0.4 is 11.2 Å².